The monoisotopic (exact) mass is 367 g/mol. The third kappa shape index (κ3) is 3.45. The van der Waals surface area contributed by atoms with Crippen LogP contribution in [-0.2, 0) is 16.0 Å². The lowest BCUT2D eigenvalue weighted by atomic mass is 10.0. The number of nitrogens with one attached hydrogen (secondary N) is 1. The number of carbonyl (C=O) groups is 2. The average molecular weight is 367 g/mol. The summed E-state index contributed by atoms with van der Waals surface area (Å²) in [7, 11) is 0. The predicted molar refractivity (Wildman–Crippen MR) is 98.1 cm³/mol. The molecule has 0 bridgehead atoms. The van der Waals surface area contributed by atoms with Crippen LogP contribution in [0.4, 0.5) is 0 Å². The topological polar surface area (TPSA) is 88.6 Å². The normalized spacial score (nSPS) is 19.6. The van der Waals surface area contributed by atoms with E-state index < -0.39 is 0 Å². The largest absolute Gasteiger partial charge is 0.466 e. The van der Waals surface area contributed by atoms with Gasteiger partial charge in [-0.1, -0.05) is 17.3 Å². The summed E-state index contributed by atoms with van der Waals surface area (Å²) < 4.78 is 11.0. The van der Waals surface area contributed by atoms with E-state index in [1.165, 1.54) is 6.92 Å². The van der Waals surface area contributed by atoms with E-state index in [4.69, 9.17) is 8.94 Å². The van der Waals surface area contributed by atoms with E-state index in [0.29, 0.717) is 24.4 Å². The first-order valence-corrected chi connectivity index (χ1v) is 8.96. The number of furan rings is 1. The molecule has 1 fully saturated rings. The van der Waals surface area contributed by atoms with Crippen molar-refractivity contribution in [2.45, 2.75) is 32.2 Å². The summed E-state index contributed by atoms with van der Waals surface area (Å²) in [5, 5.41) is 7.84. The fourth-order valence-electron chi connectivity index (χ4n) is 3.68. The number of fused-ring (bicyclic) bond motifs is 1. The van der Waals surface area contributed by atoms with Gasteiger partial charge in [0.2, 0.25) is 11.8 Å². The highest BCUT2D eigenvalue weighted by Gasteiger charge is 2.38. The number of nitrogens with zero attached hydrogens (tertiary/aromatic N) is 2. The van der Waals surface area contributed by atoms with Crippen LogP contribution in [0.1, 0.15) is 30.1 Å². The molecule has 0 radical (unpaired) electrons. The summed E-state index contributed by atoms with van der Waals surface area (Å²) in [6, 6.07) is 11.1. The van der Waals surface area contributed by atoms with Gasteiger partial charge in [0.05, 0.1) is 18.4 Å². The summed E-state index contributed by atoms with van der Waals surface area (Å²) in [6.45, 7) is 4.30. The smallest absolute Gasteiger partial charge is 0.228 e. The van der Waals surface area contributed by atoms with Gasteiger partial charge in [-0.2, -0.15) is 0 Å². The van der Waals surface area contributed by atoms with Gasteiger partial charge in [0.15, 0.2) is 5.58 Å². The number of aromatic nitrogens is 1. The van der Waals surface area contributed by atoms with Crippen LogP contribution in [0.15, 0.2) is 45.3 Å². The van der Waals surface area contributed by atoms with Gasteiger partial charge in [-0.05, 0) is 31.2 Å². The molecule has 1 aliphatic heterocycles. The van der Waals surface area contributed by atoms with Crippen LogP contribution < -0.4 is 5.32 Å². The summed E-state index contributed by atoms with van der Waals surface area (Å²) >= 11 is 0. The minimum absolute atomic E-state index is 0.0461. The Morgan fingerprint density at radius 2 is 2.04 bits per heavy atom. The fraction of sp³-hybridized carbons (Fsp3) is 0.350. The van der Waals surface area contributed by atoms with Crippen molar-refractivity contribution in [1.29, 1.82) is 0 Å². The Balaban J connectivity index is 1.52. The molecule has 2 aromatic heterocycles. The predicted octanol–water partition coefficient (Wildman–Crippen LogP) is 2.40. The molecule has 0 aliphatic carbocycles. The van der Waals surface area contributed by atoms with E-state index in [1.807, 2.05) is 43.3 Å². The van der Waals surface area contributed by atoms with Gasteiger partial charge in [-0.3, -0.25) is 9.59 Å². The van der Waals surface area contributed by atoms with Gasteiger partial charge >= 0.3 is 0 Å². The molecular weight excluding hydrogens is 346 g/mol. The molecule has 7 heteroatoms. The second kappa shape index (κ2) is 6.90. The molecule has 0 spiro atoms. The summed E-state index contributed by atoms with van der Waals surface area (Å²) in [4.78, 5) is 26.2. The van der Waals surface area contributed by atoms with Gasteiger partial charge < -0.3 is 19.2 Å². The molecule has 2 unspecified atom stereocenters. The molecule has 7 nitrogen and oxygen atoms in total. The lowest BCUT2D eigenvalue weighted by molar-refractivity contribution is -0.130. The molecule has 140 valence electrons. The van der Waals surface area contributed by atoms with Crippen molar-refractivity contribution in [3.63, 3.8) is 0 Å². The van der Waals surface area contributed by atoms with Gasteiger partial charge in [-0.15, -0.1) is 0 Å². The van der Waals surface area contributed by atoms with Crippen molar-refractivity contribution in [1.82, 2.24) is 15.4 Å². The van der Waals surface area contributed by atoms with Crippen LogP contribution in [0.5, 0.6) is 0 Å². The standard InChI is InChI=1S/C20H21N3O4/c1-12-7-8-18(26-12)15-10-23(11-17(15)21-13(2)24)20(25)9-16-14-5-3-4-6-19(14)27-22-16/h3-8,15,17H,9-11H2,1-2H3,(H,21,24). The zero-order chi connectivity index (χ0) is 19.0. The van der Waals surface area contributed by atoms with Gasteiger partial charge in [0, 0.05) is 25.4 Å². The molecular formula is C20H21N3O4. The average Bonchev–Trinajstić information content (AvgIpc) is 3.34. The van der Waals surface area contributed by atoms with E-state index >= 15 is 0 Å². The lowest BCUT2D eigenvalue weighted by Crippen LogP contribution is -2.39. The first-order chi connectivity index (χ1) is 13.0. The van der Waals surface area contributed by atoms with Crippen LogP contribution in [0.25, 0.3) is 11.0 Å². The molecule has 0 saturated carbocycles. The third-order valence-electron chi connectivity index (χ3n) is 4.96. The van der Waals surface area contributed by atoms with Crippen molar-refractivity contribution in [3.8, 4) is 0 Å². The second-order valence-electron chi connectivity index (χ2n) is 6.96. The number of hydrogen-bond donors (Lipinski definition) is 1. The fourth-order valence-corrected chi connectivity index (χ4v) is 3.68. The Bertz CT molecular complexity index is 990. The molecule has 1 aliphatic rings. The summed E-state index contributed by atoms with van der Waals surface area (Å²) in [5.41, 5.74) is 1.30. The Hall–Kier alpha value is -3.09. The second-order valence-corrected chi connectivity index (χ2v) is 6.96. The third-order valence-corrected chi connectivity index (χ3v) is 4.96. The number of aryl methyl sites for hydroxylation is 1. The van der Waals surface area contributed by atoms with Crippen LogP contribution in [0.3, 0.4) is 0 Å². The van der Waals surface area contributed by atoms with Crippen LogP contribution in [0, 0.1) is 6.92 Å². The number of hydrogen-bond acceptors (Lipinski definition) is 5. The van der Waals surface area contributed by atoms with E-state index in [0.717, 1.165) is 16.9 Å². The maximum atomic E-state index is 12.9. The highest BCUT2D eigenvalue weighted by atomic mass is 16.5. The molecule has 3 aromatic rings. The molecule has 1 saturated heterocycles. The minimum atomic E-state index is -0.175. The molecule has 3 heterocycles. The zero-order valence-electron chi connectivity index (χ0n) is 15.3. The maximum absolute atomic E-state index is 12.9. The molecule has 1 N–H and O–H groups in total. The van der Waals surface area contributed by atoms with E-state index in [-0.39, 0.29) is 30.2 Å². The number of para-hydroxylation sites is 1. The highest BCUT2D eigenvalue weighted by Crippen LogP contribution is 2.30. The first-order valence-electron chi connectivity index (χ1n) is 8.96. The van der Waals surface area contributed by atoms with E-state index in [2.05, 4.69) is 10.5 Å². The van der Waals surface area contributed by atoms with Gasteiger partial charge in [-0.25, -0.2) is 0 Å². The molecule has 2 amide bonds. The lowest BCUT2D eigenvalue weighted by Gasteiger charge is -2.16. The van der Waals surface area contributed by atoms with E-state index in [1.54, 1.807) is 4.90 Å². The van der Waals surface area contributed by atoms with Crippen molar-refractivity contribution in [2.75, 3.05) is 13.1 Å². The quantitative estimate of drug-likeness (QED) is 0.765. The Labute approximate surface area is 156 Å². The highest BCUT2D eigenvalue weighted by molar-refractivity contribution is 5.86. The number of benzene rings is 1. The van der Waals surface area contributed by atoms with Crippen molar-refractivity contribution in [2.24, 2.45) is 0 Å². The van der Waals surface area contributed by atoms with Crippen LogP contribution >= 0.6 is 0 Å². The minimum Gasteiger partial charge on any atom is -0.466 e. The summed E-state index contributed by atoms with van der Waals surface area (Å²) in [6.07, 6.45) is 0.160. The van der Waals surface area contributed by atoms with Gasteiger partial charge in [0.1, 0.15) is 17.2 Å². The molecule has 4 rings (SSSR count). The molecule has 1 aromatic carbocycles. The molecule has 27 heavy (non-hydrogen) atoms. The Morgan fingerprint density at radius 3 is 2.78 bits per heavy atom. The maximum Gasteiger partial charge on any atom is 0.228 e. The van der Waals surface area contributed by atoms with E-state index in [9.17, 15) is 9.59 Å². The number of amides is 2. The Kier molecular flexibility index (Phi) is 4.43. The van der Waals surface area contributed by atoms with Crippen LogP contribution in [0.2, 0.25) is 0 Å². The summed E-state index contributed by atoms with van der Waals surface area (Å²) in [5.74, 6) is 1.36. The number of likely N-dealkylation sites (tertiary alicyclic amines) is 1. The van der Waals surface area contributed by atoms with Crippen molar-refractivity contribution >= 4 is 22.8 Å². The first kappa shape index (κ1) is 17.3. The van der Waals surface area contributed by atoms with Crippen LogP contribution in [-0.4, -0.2) is 41.0 Å². The zero-order valence-corrected chi connectivity index (χ0v) is 15.3. The van der Waals surface area contributed by atoms with Gasteiger partial charge in [0.25, 0.3) is 0 Å². The molecule has 2 atom stereocenters. The number of rotatable bonds is 4. The SMILES string of the molecule is CC(=O)NC1CN(C(=O)Cc2noc3ccccc23)CC1c1ccc(C)o1. The van der Waals surface area contributed by atoms with Crippen molar-refractivity contribution < 1.29 is 18.5 Å². The number of carbonyl (C=O) groups excluding carboxylic acids is 2. The Morgan fingerprint density at radius 1 is 1.22 bits per heavy atom. The van der Waals surface area contributed by atoms with Crippen molar-refractivity contribution in [3.05, 3.63) is 53.6 Å².